The van der Waals surface area contributed by atoms with Gasteiger partial charge in [0.25, 0.3) is 0 Å². The highest BCUT2D eigenvalue weighted by Gasteiger charge is 2.09. The Morgan fingerprint density at radius 2 is 0.857 bits per heavy atom. The first-order chi connectivity index (χ1) is 9.96. The molecule has 2 rings (SSSR count). The van der Waals surface area contributed by atoms with Gasteiger partial charge >= 0.3 is 0 Å². The van der Waals surface area contributed by atoms with E-state index in [0.29, 0.717) is 0 Å². The molecule has 2 aromatic rings. The normalized spacial score (nSPS) is 10.4. The number of hydrogen-bond donors (Lipinski definition) is 0. The van der Waals surface area contributed by atoms with Crippen molar-refractivity contribution in [3.63, 3.8) is 0 Å². The van der Waals surface area contributed by atoms with Crippen molar-refractivity contribution in [3.8, 4) is 23.0 Å². The minimum absolute atomic E-state index is 0.815. The van der Waals surface area contributed by atoms with Crippen LogP contribution in [0.2, 0.25) is 0 Å². The highest BCUT2D eigenvalue weighted by molar-refractivity contribution is 5.50. The molecule has 0 N–H and O–H groups in total. The van der Waals surface area contributed by atoms with Gasteiger partial charge in [0.05, 0.1) is 14.2 Å². The SMILES string of the molecule is COc1c(C)cc(Oc2cc(C)c(OC)c(C)c2)cc1C. The number of ether oxygens (including phenoxy) is 3. The third-order valence-corrected chi connectivity index (χ3v) is 3.51. The zero-order valence-electron chi connectivity index (χ0n) is 13.5. The van der Waals surface area contributed by atoms with Crippen LogP contribution in [0.1, 0.15) is 22.3 Å². The lowest BCUT2D eigenvalue weighted by atomic mass is 10.1. The molecule has 3 nitrogen and oxygen atoms in total. The van der Waals surface area contributed by atoms with Crippen molar-refractivity contribution in [2.75, 3.05) is 14.2 Å². The summed E-state index contributed by atoms with van der Waals surface area (Å²) in [6.07, 6.45) is 0. The van der Waals surface area contributed by atoms with Crippen molar-refractivity contribution in [3.05, 3.63) is 46.5 Å². The summed E-state index contributed by atoms with van der Waals surface area (Å²) in [5.74, 6) is 3.44. The smallest absolute Gasteiger partial charge is 0.128 e. The lowest BCUT2D eigenvalue weighted by molar-refractivity contribution is 0.404. The van der Waals surface area contributed by atoms with Crippen LogP contribution in [-0.4, -0.2) is 14.2 Å². The largest absolute Gasteiger partial charge is 0.496 e. The zero-order chi connectivity index (χ0) is 15.6. The average Bonchev–Trinajstić information content (AvgIpc) is 2.38. The van der Waals surface area contributed by atoms with E-state index in [1.165, 1.54) is 0 Å². The molecule has 0 aromatic heterocycles. The summed E-state index contributed by atoms with van der Waals surface area (Å²) < 4.78 is 16.7. The summed E-state index contributed by atoms with van der Waals surface area (Å²) in [5, 5.41) is 0. The molecule has 0 amide bonds. The fourth-order valence-electron chi connectivity index (χ4n) is 2.72. The molecule has 2 aromatic carbocycles. The Morgan fingerprint density at radius 1 is 0.571 bits per heavy atom. The van der Waals surface area contributed by atoms with Crippen molar-refractivity contribution < 1.29 is 14.2 Å². The Labute approximate surface area is 126 Å². The highest BCUT2D eigenvalue weighted by Crippen LogP contribution is 2.33. The predicted octanol–water partition coefficient (Wildman–Crippen LogP) is 4.73. The standard InChI is InChI=1S/C18H22O3/c1-11-7-15(8-12(2)17(11)19-5)21-16-9-13(3)18(20-6)14(4)10-16/h7-10H,1-6H3. The Morgan fingerprint density at radius 3 is 1.10 bits per heavy atom. The summed E-state index contributed by atoms with van der Waals surface area (Å²) in [7, 11) is 3.37. The van der Waals surface area contributed by atoms with Gasteiger partial charge in [-0.05, 0) is 74.2 Å². The van der Waals surface area contributed by atoms with Crippen LogP contribution in [-0.2, 0) is 0 Å². The highest BCUT2D eigenvalue weighted by atomic mass is 16.5. The number of methoxy groups -OCH3 is 2. The lowest BCUT2D eigenvalue weighted by Gasteiger charge is -2.14. The monoisotopic (exact) mass is 286 g/mol. The molecule has 0 aliphatic rings. The molecule has 0 radical (unpaired) electrons. The Hall–Kier alpha value is -2.16. The molecule has 0 saturated carbocycles. The number of aryl methyl sites for hydroxylation is 4. The average molecular weight is 286 g/mol. The summed E-state index contributed by atoms with van der Waals surface area (Å²) in [6.45, 7) is 8.07. The van der Waals surface area contributed by atoms with Crippen LogP contribution >= 0.6 is 0 Å². The van der Waals surface area contributed by atoms with Crippen molar-refractivity contribution in [1.82, 2.24) is 0 Å². The van der Waals surface area contributed by atoms with Gasteiger partial charge in [0.15, 0.2) is 0 Å². The molecule has 21 heavy (non-hydrogen) atoms. The maximum absolute atomic E-state index is 5.99. The molecule has 3 heteroatoms. The van der Waals surface area contributed by atoms with Crippen molar-refractivity contribution in [2.45, 2.75) is 27.7 Å². The summed E-state index contributed by atoms with van der Waals surface area (Å²) in [6, 6.07) is 7.95. The van der Waals surface area contributed by atoms with Crippen LogP contribution in [0.3, 0.4) is 0 Å². The number of benzene rings is 2. The first-order valence-electron chi connectivity index (χ1n) is 6.94. The van der Waals surface area contributed by atoms with Gasteiger partial charge in [-0.25, -0.2) is 0 Å². The van der Waals surface area contributed by atoms with Gasteiger partial charge in [-0.2, -0.15) is 0 Å². The number of rotatable bonds is 4. The summed E-state index contributed by atoms with van der Waals surface area (Å²) in [5.41, 5.74) is 4.26. The molecule has 0 unspecified atom stereocenters. The Kier molecular flexibility index (Phi) is 4.41. The second-order valence-corrected chi connectivity index (χ2v) is 5.28. The van der Waals surface area contributed by atoms with Crippen LogP contribution in [0.25, 0.3) is 0 Å². The van der Waals surface area contributed by atoms with Gasteiger partial charge in [-0.15, -0.1) is 0 Å². The third-order valence-electron chi connectivity index (χ3n) is 3.51. The predicted molar refractivity (Wildman–Crippen MR) is 85.0 cm³/mol. The van der Waals surface area contributed by atoms with Crippen molar-refractivity contribution in [1.29, 1.82) is 0 Å². The quantitative estimate of drug-likeness (QED) is 0.813. The molecule has 0 spiro atoms. The Bertz CT molecular complexity index is 556. The van der Waals surface area contributed by atoms with Crippen LogP contribution in [0.4, 0.5) is 0 Å². The zero-order valence-corrected chi connectivity index (χ0v) is 13.5. The molecule has 0 saturated heterocycles. The van der Waals surface area contributed by atoms with Crippen molar-refractivity contribution >= 4 is 0 Å². The molecule has 0 aliphatic heterocycles. The van der Waals surface area contributed by atoms with E-state index in [4.69, 9.17) is 14.2 Å². The fraction of sp³-hybridized carbons (Fsp3) is 0.333. The van der Waals surface area contributed by atoms with Crippen molar-refractivity contribution in [2.24, 2.45) is 0 Å². The van der Waals surface area contributed by atoms with Crippen LogP contribution in [0.5, 0.6) is 23.0 Å². The number of hydrogen-bond acceptors (Lipinski definition) is 3. The minimum atomic E-state index is 0.815. The van der Waals surface area contributed by atoms with Crippen LogP contribution < -0.4 is 14.2 Å². The van der Waals surface area contributed by atoms with Gasteiger partial charge in [0, 0.05) is 0 Å². The van der Waals surface area contributed by atoms with Crippen LogP contribution in [0.15, 0.2) is 24.3 Å². The first kappa shape index (κ1) is 15.2. The second kappa shape index (κ2) is 6.08. The topological polar surface area (TPSA) is 27.7 Å². The van der Waals surface area contributed by atoms with E-state index >= 15 is 0 Å². The maximum Gasteiger partial charge on any atom is 0.128 e. The van der Waals surface area contributed by atoms with E-state index in [0.717, 1.165) is 45.3 Å². The van der Waals surface area contributed by atoms with E-state index in [1.807, 2.05) is 52.0 Å². The van der Waals surface area contributed by atoms with Gasteiger partial charge in [0.1, 0.15) is 23.0 Å². The molecule has 0 bridgehead atoms. The molecule has 0 heterocycles. The van der Waals surface area contributed by atoms with Crippen LogP contribution in [0, 0.1) is 27.7 Å². The fourth-order valence-corrected chi connectivity index (χ4v) is 2.72. The maximum atomic E-state index is 5.99. The molecule has 112 valence electrons. The van der Waals surface area contributed by atoms with E-state index in [2.05, 4.69) is 0 Å². The van der Waals surface area contributed by atoms with Gasteiger partial charge in [-0.3, -0.25) is 0 Å². The Balaban J connectivity index is 2.35. The van der Waals surface area contributed by atoms with Gasteiger partial charge < -0.3 is 14.2 Å². The van der Waals surface area contributed by atoms with E-state index in [1.54, 1.807) is 14.2 Å². The summed E-state index contributed by atoms with van der Waals surface area (Å²) in [4.78, 5) is 0. The van der Waals surface area contributed by atoms with Gasteiger partial charge in [-0.1, -0.05) is 0 Å². The minimum Gasteiger partial charge on any atom is -0.496 e. The van der Waals surface area contributed by atoms with E-state index in [9.17, 15) is 0 Å². The summed E-state index contributed by atoms with van der Waals surface area (Å²) >= 11 is 0. The third kappa shape index (κ3) is 3.13. The first-order valence-corrected chi connectivity index (χ1v) is 6.94. The molecular weight excluding hydrogens is 264 g/mol. The molecule has 0 aliphatic carbocycles. The molecule has 0 atom stereocenters. The van der Waals surface area contributed by atoms with E-state index < -0.39 is 0 Å². The molecule has 0 fully saturated rings. The van der Waals surface area contributed by atoms with Gasteiger partial charge in [0.2, 0.25) is 0 Å². The second-order valence-electron chi connectivity index (χ2n) is 5.28. The molecular formula is C18H22O3. The lowest BCUT2D eigenvalue weighted by Crippen LogP contribution is -1.95. The van der Waals surface area contributed by atoms with E-state index in [-0.39, 0.29) is 0 Å².